The van der Waals surface area contributed by atoms with Crippen molar-refractivity contribution < 1.29 is 0 Å². The first-order valence-electron chi connectivity index (χ1n) is 5.88. The van der Waals surface area contributed by atoms with Crippen LogP contribution in [0.3, 0.4) is 0 Å². The summed E-state index contributed by atoms with van der Waals surface area (Å²) in [5.74, 6) is 0. The summed E-state index contributed by atoms with van der Waals surface area (Å²) < 4.78 is 1.63. The van der Waals surface area contributed by atoms with Gasteiger partial charge in [0.05, 0.1) is 0 Å². The predicted octanol–water partition coefficient (Wildman–Crippen LogP) is 3.56. The fourth-order valence-corrected chi connectivity index (χ4v) is 2.29. The second kappa shape index (κ2) is 5.24. The molecule has 0 N–H and O–H groups in total. The van der Waals surface area contributed by atoms with E-state index in [4.69, 9.17) is 16.9 Å². The minimum absolute atomic E-state index is 0.405. The summed E-state index contributed by atoms with van der Waals surface area (Å²) in [6.45, 7) is 2.14. The van der Waals surface area contributed by atoms with Crippen molar-refractivity contribution in [2.75, 3.05) is 0 Å². The van der Waals surface area contributed by atoms with Gasteiger partial charge in [-0.3, -0.25) is 4.68 Å². The molecule has 0 bridgehead atoms. The molecule has 0 aliphatic heterocycles. The fourth-order valence-electron chi connectivity index (χ4n) is 1.99. The number of aromatic nitrogens is 2. The zero-order chi connectivity index (χ0) is 13.1. The van der Waals surface area contributed by atoms with Crippen LogP contribution in [0.1, 0.15) is 24.6 Å². The van der Waals surface area contributed by atoms with Gasteiger partial charge in [-0.15, -0.1) is 0 Å². The van der Waals surface area contributed by atoms with E-state index in [2.05, 4.69) is 24.2 Å². The van der Waals surface area contributed by atoms with Crippen LogP contribution in [0.4, 0.5) is 0 Å². The van der Waals surface area contributed by atoms with Crippen molar-refractivity contribution in [2.24, 2.45) is 7.05 Å². The molecule has 1 aromatic heterocycles. The summed E-state index contributed by atoms with van der Waals surface area (Å²) >= 11 is 6.29. The van der Waals surface area contributed by atoms with E-state index in [-0.39, 0.29) is 0 Å². The molecule has 3 nitrogen and oxygen atoms in total. The first kappa shape index (κ1) is 12.7. The smallest absolute Gasteiger partial charge is 0.170 e. The Morgan fingerprint density at radius 1 is 1.39 bits per heavy atom. The first-order chi connectivity index (χ1) is 8.65. The van der Waals surface area contributed by atoms with Gasteiger partial charge in [-0.05, 0) is 18.1 Å². The SMILES string of the molecule is CCCc1ccc(-c2cn(C)nc2C#N)c(Cl)c1. The zero-order valence-electron chi connectivity index (χ0n) is 10.4. The van der Waals surface area contributed by atoms with Crippen LogP contribution in [-0.2, 0) is 13.5 Å². The van der Waals surface area contributed by atoms with Crippen LogP contribution in [0.25, 0.3) is 11.1 Å². The summed E-state index contributed by atoms with van der Waals surface area (Å²) in [4.78, 5) is 0. The average Bonchev–Trinajstić information content (AvgIpc) is 2.71. The largest absolute Gasteiger partial charge is 0.274 e. The highest BCUT2D eigenvalue weighted by atomic mass is 35.5. The summed E-state index contributed by atoms with van der Waals surface area (Å²) in [6, 6.07) is 8.08. The lowest BCUT2D eigenvalue weighted by molar-refractivity contribution is 0.763. The molecular weight excluding hydrogens is 246 g/mol. The van der Waals surface area contributed by atoms with E-state index in [0.717, 1.165) is 24.0 Å². The third-order valence-corrected chi connectivity index (χ3v) is 3.11. The predicted molar refractivity (Wildman–Crippen MR) is 72.4 cm³/mol. The standard InChI is InChI=1S/C14H14ClN3/c1-3-4-10-5-6-11(13(15)7-10)12-9-18(2)17-14(12)8-16/h5-7,9H,3-4H2,1-2H3. The van der Waals surface area contributed by atoms with Gasteiger partial charge in [-0.2, -0.15) is 10.4 Å². The van der Waals surface area contributed by atoms with E-state index in [1.165, 1.54) is 5.56 Å². The lowest BCUT2D eigenvalue weighted by Gasteiger charge is -2.05. The Kier molecular flexibility index (Phi) is 3.69. The molecule has 1 aromatic carbocycles. The lowest BCUT2D eigenvalue weighted by atomic mass is 10.0. The van der Waals surface area contributed by atoms with Gasteiger partial charge in [0.25, 0.3) is 0 Å². The highest BCUT2D eigenvalue weighted by molar-refractivity contribution is 6.33. The average molecular weight is 260 g/mol. The van der Waals surface area contributed by atoms with Gasteiger partial charge in [0, 0.05) is 29.4 Å². The van der Waals surface area contributed by atoms with E-state index in [1.807, 2.05) is 18.3 Å². The second-order valence-corrected chi connectivity index (χ2v) is 4.65. The van der Waals surface area contributed by atoms with Gasteiger partial charge < -0.3 is 0 Å². The molecule has 0 fully saturated rings. The number of benzene rings is 1. The van der Waals surface area contributed by atoms with E-state index < -0.39 is 0 Å². The van der Waals surface area contributed by atoms with Crippen molar-refractivity contribution in [1.82, 2.24) is 9.78 Å². The molecule has 0 aliphatic rings. The Morgan fingerprint density at radius 2 is 2.17 bits per heavy atom. The molecule has 0 amide bonds. The zero-order valence-corrected chi connectivity index (χ0v) is 11.2. The van der Waals surface area contributed by atoms with Crippen LogP contribution < -0.4 is 0 Å². The Labute approximate surface area is 112 Å². The van der Waals surface area contributed by atoms with Gasteiger partial charge in [0.2, 0.25) is 0 Å². The third kappa shape index (κ3) is 2.39. The highest BCUT2D eigenvalue weighted by Crippen LogP contribution is 2.30. The molecule has 0 radical (unpaired) electrons. The summed E-state index contributed by atoms with van der Waals surface area (Å²) in [7, 11) is 1.80. The molecule has 18 heavy (non-hydrogen) atoms. The van der Waals surface area contributed by atoms with Gasteiger partial charge in [-0.25, -0.2) is 0 Å². The maximum atomic E-state index is 9.05. The molecule has 0 unspecified atom stereocenters. The van der Waals surface area contributed by atoms with Crippen molar-refractivity contribution in [3.05, 3.63) is 40.7 Å². The van der Waals surface area contributed by atoms with Crippen molar-refractivity contribution >= 4 is 11.6 Å². The van der Waals surface area contributed by atoms with Crippen molar-refractivity contribution in [2.45, 2.75) is 19.8 Å². The molecule has 1 heterocycles. The second-order valence-electron chi connectivity index (χ2n) is 4.24. The maximum Gasteiger partial charge on any atom is 0.170 e. The molecular formula is C14H14ClN3. The molecule has 0 saturated carbocycles. The Morgan fingerprint density at radius 3 is 2.78 bits per heavy atom. The molecule has 0 aliphatic carbocycles. The van der Waals surface area contributed by atoms with Crippen LogP contribution in [-0.4, -0.2) is 9.78 Å². The minimum atomic E-state index is 0.405. The number of nitrogens with zero attached hydrogens (tertiary/aromatic N) is 3. The number of rotatable bonds is 3. The number of hydrogen-bond acceptors (Lipinski definition) is 2. The molecule has 0 saturated heterocycles. The molecule has 0 atom stereocenters. The fraction of sp³-hybridized carbons (Fsp3) is 0.286. The van der Waals surface area contributed by atoms with Crippen molar-refractivity contribution in [3.8, 4) is 17.2 Å². The van der Waals surface area contributed by atoms with Crippen LogP contribution in [0, 0.1) is 11.3 Å². The van der Waals surface area contributed by atoms with E-state index in [9.17, 15) is 0 Å². The van der Waals surface area contributed by atoms with Crippen LogP contribution in [0.5, 0.6) is 0 Å². The van der Waals surface area contributed by atoms with Gasteiger partial charge in [-0.1, -0.05) is 37.1 Å². The van der Waals surface area contributed by atoms with Crippen LogP contribution in [0.15, 0.2) is 24.4 Å². The Hall–Kier alpha value is -1.79. The number of hydrogen-bond donors (Lipinski definition) is 0. The normalized spacial score (nSPS) is 10.3. The lowest BCUT2D eigenvalue weighted by Crippen LogP contribution is -1.87. The maximum absolute atomic E-state index is 9.05. The minimum Gasteiger partial charge on any atom is -0.274 e. The van der Waals surface area contributed by atoms with E-state index >= 15 is 0 Å². The summed E-state index contributed by atoms with van der Waals surface area (Å²) in [5.41, 5.74) is 3.27. The molecule has 2 rings (SSSR count). The van der Waals surface area contributed by atoms with Gasteiger partial charge in [0.15, 0.2) is 5.69 Å². The molecule has 0 spiro atoms. The summed E-state index contributed by atoms with van der Waals surface area (Å²) in [6.07, 6.45) is 3.92. The quantitative estimate of drug-likeness (QED) is 0.846. The molecule has 2 aromatic rings. The molecule has 4 heteroatoms. The van der Waals surface area contributed by atoms with Crippen LogP contribution >= 0.6 is 11.6 Å². The summed E-state index contributed by atoms with van der Waals surface area (Å²) in [5, 5.41) is 13.8. The van der Waals surface area contributed by atoms with Crippen molar-refractivity contribution in [1.29, 1.82) is 5.26 Å². The number of aryl methyl sites for hydroxylation is 2. The molecule has 92 valence electrons. The monoisotopic (exact) mass is 259 g/mol. The number of nitriles is 1. The Balaban J connectivity index is 2.48. The van der Waals surface area contributed by atoms with E-state index in [0.29, 0.717) is 10.7 Å². The first-order valence-corrected chi connectivity index (χ1v) is 6.26. The third-order valence-electron chi connectivity index (χ3n) is 2.80. The van der Waals surface area contributed by atoms with Crippen molar-refractivity contribution in [3.63, 3.8) is 0 Å². The van der Waals surface area contributed by atoms with E-state index in [1.54, 1.807) is 11.7 Å². The Bertz CT molecular complexity index is 608. The van der Waals surface area contributed by atoms with Gasteiger partial charge in [0.1, 0.15) is 6.07 Å². The highest BCUT2D eigenvalue weighted by Gasteiger charge is 2.12. The topological polar surface area (TPSA) is 41.6 Å². The van der Waals surface area contributed by atoms with Crippen LogP contribution in [0.2, 0.25) is 5.02 Å². The van der Waals surface area contributed by atoms with Gasteiger partial charge >= 0.3 is 0 Å². The number of halogens is 1.